The van der Waals surface area contributed by atoms with Crippen molar-refractivity contribution in [1.82, 2.24) is 15.2 Å². The third-order valence-electron chi connectivity index (χ3n) is 4.41. The lowest BCUT2D eigenvalue weighted by Crippen LogP contribution is -2.07. The number of methoxy groups -OCH3 is 1. The van der Waals surface area contributed by atoms with Gasteiger partial charge in [0, 0.05) is 5.56 Å². The van der Waals surface area contributed by atoms with Crippen LogP contribution in [0.2, 0.25) is 0 Å². The largest absolute Gasteiger partial charge is 0.497 e. The summed E-state index contributed by atoms with van der Waals surface area (Å²) in [4.78, 5) is 4.77. The Labute approximate surface area is 128 Å². The molecule has 0 aliphatic heterocycles. The molecule has 0 spiro atoms. The number of H-pyrrole nitrogens is 1. The summed E-state index contributed by atoms with van der Waals surface area (Å²) in [6, 6.07) is 8.04. The minimum absolute atomic E-state index is 0.627. The molecular formula is C17H18N4O. The molecule has 3 aromatic rings. The predicted octanol–water partition coefficient (Wildman–Crippen LogP) is 3.09. The zero-order valence-electron chi connectivity index (χ0n) is 12.5. The third kappa shape index (κ3) is 1.93. The number of rotatable bonds is 2. The highest BCUT2D eigenvalue weighted by atomic mass is 16.5. The number of ether oxygens (including phenoxy) is 1. The molecule has 4 rings (SSSR count). The first-order valence-corrected chi connectivity index (χ1v) is 7.57. The van der Waals surface area contributed by atoms with Crippen molar-refractivity contribution in [3.63, 3.8) is 0 Å². The molecule has 0 amide bonds. The molecule has 2 aromatic heterocycles. The first-order valence-electron chi connectivity index (χ1n) is 7.57. The first kappa shape index (κ1) is 13.1. The van der Waals surface area contributed by atoms with Crippen LogP contribution in [0.1, 0.15) is 24.0 Å². The fraction of sp³-hybridized carbons (Fsp3) is 0.294. The average Bonchev–Trinajstić information content (AvgIpc) is 2.95. The molecule has 0 bridgehead atoms. The molecule has 5 nitrogen and oxygen atoms in total. The van der Waals surface area contributed by atoms with Gasteiger partial charge in [-0.2, -0.15) is 5.10 Å². The Morgan fingerprint density at radius 1 is 1.09 bits per heavy atom. The lowest BCUT2D eigenvalue weighted by molar-refractivity contribution is 0.415. The summed E-state index contributed by atoms with van der Waals surface area (Å²) in [6.45, 7) is 0. The van der Waals surface area contributed by atoms with E-state index >= 15 is 0 Å². The predicted molar refractivity (Wildman–Crippen MR) is 86.9 cm³/mol. The highest BCUT2D eigenvalue weighted by Crippen LogP contribution is 2.36. The van der Waals surface area contributed by atoms with Crippen molar-refractivity contribution < 1.29 is 4.74 Å². The number of aryl methyl sites for hydroxylation is 1. The molecule has 0 atom stereocenters. The van der Waals surface area contributed by atoms with Gasteiger partial charge in [0.15, 0.2) is 5.65 Å². The van der Waals surface area contributed by atoms with E-state index in [0.717, 1.165) is 35.2 Å². The van der Waals surface area contributed by atoms with Crippen molar-refractivity contribution >= 4 is 16.9 Å². The number of hydrogen-bond donors (Lipinski definition) is 2. The number of benzene rings is 1. The first-order chi connectivity index (χ1) is 10.8. The van der Waals surface area contributed by atoms with Crippen molar-refractivity contribution in [2.75, 3.05) is 12.8 Å². The lowest BCUT2D eigenvalue weighted by atomic mass is 9.87. The normalized spacial score (nSPS) is 14.0. The van der Waals surface area contributed by atoms with Crippen LogP contribution in [0.15, 0.2) is 24.3 Å². The van der Waals surface area contributed by atoms with E-state index in [2.05, 4.69) is 22.3 Å². The van der Waals surface area contributed by atoms with Crippen LogP contribution in [-0.2, 0) is 12.8 Å². The molecule has 22 heavy (non-hydrogen) atoms. The molecule has 3 N–H and O–H groups in total. The molecule has 0 saturated heterocycles. The van der Waals surface area contributed by atoms with Gasteiger partial charge in [-0.1, -0.05) is 0 Å². The van der Waals surface area contributed by atoms with Gasteiger partial charge in [0.25, 0.3) is 0 Å². The number of nitrogens with two attached hydrogens (primary N) is 1. The molecule has 0 unspecified atom stereocenters. The zero-order valence-corrected chi connectivity index (χ0v) is 12.5. The number of nitrogens with zero attached hydrogens (tertiary/aromatic N) is 2. The van der Waals surface area contributed by atoms with Crippen LogP contribution in [0.4, 0.5) is 5.82 Å². The highest BCUT2D eigenvalue weighted by molar-refractivity contribution is 5.93. The maximum atomic E-state index is 6.05. The summed E-state index contributed by atoms with van der Waals surface area (Å²) in [7, 11) is 1.67. The summed E-state index contributed by atoms with van der Waals surface area (Å²) >= 11 is 0. The number of nitrogens with one attached hydrogen (secondary N) is 1. The number of nitrogen functional groups attached to an aromatic ring is 1. The fourth-order valence-corrected chi connectivity index (χ4v) is 3.33. The van der Waals surface area contributed by atoms with Gasteiger partial charge in [0.2, 0.25) is 0 Å². The van der Waals surface area contributed by atoms with Gasteiger partial charge in [-0.05, 0) is 61.1 Å². The van der Waals surface area contributed by atoms with E-state index in [0.29, 0.717) is 11.5 Å². The molecule has 1 aliphatic carbocycles. The minimum Gasteiger partial charge on any atom is -0.497 e. The van der Waals surface area contributed by atoms with Crippen molar-refractivity contribution in [2.24, 2.45) is 0 Å². The molecule has 5 heteroatoms. The second kappa shape index (κ2) is 5.02. The molecule has 1 aliphatic rings. The van der Waals surface area contributed by atoms with Crippen LogP contribution in [0.25, 0.3) is 22.3 Å². The van der Waals surface area contributed by atoms with Gasteiger partial charge in [-0.15, -0.1) is 0 Å². The SMILES string of the molecule is COc1ccc(-c2nc3n[nH]c(N)c3c3c2CCCC3)cc1. The molecule has 0 fully saturated rings. The van der Waals surface area contributed by atoms with Crippen LogP contribution in [0.5, 0.6) is 5.75 Å². The maximum Gasteiger partial charge on any atom is 0.183 e. The second-order valence-electron chi connectivity index (χ2n) is 5.69. The Morgan fingerprint density at radius 3 is 2.55 bits per heavy atom. The van der Waals surface area contributed by atoms with Gasteiger partial charge in [0.1, 0.15) is 11.6 Å². The summed E-state index contributed by atoms with van der Waals surface area (Å²) in [5, 5.41) is 8.14. The topological polar surface area (TPSA) is 76.8 Å². The molecule has 0 saturated carbocycles. The molecular weight excluding hydrogens is 276 g/mol. The highest BCUT2D eigenvalue weighted by Gasteiger charge is 2.22. The Bertz CT molecular complexity index is 836. The number of anilines is 1. The molecule has 112 valence electrons. The van der Waals surface area contributed by atoms with Crippen LogP contribution >= 0.6 is 0 Å². The smallest absolute Gasteiger partial charge is 0.183 e. The van der Waals surface area contributed by atoms with Crippen LogP contribution in [0, 0.1) is 0 Å². The fourth-order valence-electron chi connectivity index (χ4n) is 3.33. The average molecular weight is 294 g/mol. The molecule has 0 radical (unpaired) electrons. The van der Waals surface area contributed by atoms with Crippen molar-refractivity contribution in [1.29, 1.82) is 0 Å². The molecule has 1 aromatic carbocycles. The van der Waals surface area contributed by atoms with E-state index in [-0.39, 0.29) is 0 Å². The number of pyridine rings is 1. The standard InChI is InChI=1S/C17H18N4O/c1-22-11-8-6-10(7-9-11)15-13-5-3-2-4-12(13)14-16(18)20-21-17(14)19-15/h6-9H,2-5H2,1H3,(H3,18,19,20,21). The number of aromatic amines is 1. The van der Waals surface area contributed by atoms with Crippen LogP contribution in [-0.4, -0.2) is 22.3 Å². The molecule has 2 heterocycles. The minimum atomic E-state index is 0.627. The van der Waals surface area contributed by atoms with Gasteiger partial charge < -0.3 is 10.5 Å². The Hall–Kier alpha value is -2.56. The number of fused-ring (bicyclic) bond motifs is 3. The van der Waals surface area contributed by atoms with E-state index in [4.69, 9.17) is 15.5 Å². The summed E-state index contributed by atoms with van der Waals surface area (Å²) in [5.74, 6) is 1.48. The summed E-state index contributed by atoms with van der Waals surface area (Å²) in [5.41, 5.74) is 11.5. The van der Waals surface area contributed by atoms with E-state index in [9.17, 15) is 0 Å². The zero-order chi connectivity index (χ0) is 15.1. The summed E-state index contributed by atoms with van der Waals surface area (Å²) in [6.07, 6.45) is 4.48. The second-order valence-corrected chi connectivity index (χ2v) is 5.69. The van der Waals surface area contributed by atoms with E-state index in [1.165, 1.54) is 24.0 Å². The van der Waals surface area contributed by atoms with E-state index in [1.807, 2.05) is 12.1 Å². The van der Waals surface area contributed by atoms with Crippen LogP contribution in [0.3, 0.4) is 0 Å². The number of hydrogen-bond acceptors (Lipinski definition) is 4. The van der Waals surface area contributed by atoms with Gasteiger partial charge in [0.05, 0.1) is 18.2 Å². The van der Waals surface area contributed by atoms with Gasteiger partial charge in [-0.3, -0.25) is 5.10 Å². The van der Waals surface area contributed by atoms with E-state index < -0.39 is 0 Å². The van der Waals surface area contributed by atoms with E-state index in [1.54, 1.807) is 7.11 Å². The Kier molecular flexibility index (Phi) is 2.99. The Balaban J connectivity index is 1.96. The van der Waals surface area contributed by atoms with Crippen molar-refractivity contribution in [3.8, 4) is 17.0 Å². The maximum absolute atomic E-state index is 6.05. The quantitative estimate of drug-likeness (QED) is 0.761. The van der Waals surface area contributed by atoms with Crippen molar-refractivity contribution in [2.45, 2.75) is 25.7 Å². The lowest BCUT2D eigenvalue weighted by Gasteiger charge is -2.20. The summed E-state index contributed by atoms with van der Waals surface area (Å²) < 4.78 is 5.24. The van der Waals surface area contributed by atoms with Crippen LogP contribution < -0.4 is 10.5 Å². The third-order valence-corrected chi connectivity index (χ3v) is 4.41. The van der Waals surface area contributed by atoms with Gasteiger partial charge in [-0.25, -0.2) is 4.98 Å². The van der Waals surface area contributed by atoms with Gasteiger partial charge >= 0.3 is 0 Å². The monoisotopic (exact) mass is 294 g/mol. The Morgan fingerprint density at radius 2 is 1.82 bits per heavy atom. The van der Waals surface area contributed by atoms with Crippen molar-refractivity contribution in [3.05, 3.63) is 35.4 Å². The number of aromatic nitrogens is 3.